The van der Waals surface area contributed by atoms with Crippen LogP contribution in [0.15, 0.2) is 35.8 Å². The number of imide groups is 1. The third kappa shape index (κ3) is 3.49. The van der Waals surface area contributed by atoms with Crippen LogP contribution in [0.1, 0.15) is 12.5 Å². The first-order chi connectivity index (χ1) is 10.1. The van der Waals surface area contributed by atoms with Crippen LogP contribution in [0.25, 0.3) is 6.08 Å². The molecule has 1 aliphatic rings. The molecule has 0 aliphatic carbocycles. The van der Waals surface area contributed by atoms with Crippen LogP contribution < -0.4 is 4.74 Å². The third-order valence-corrected chi connectivity index (χ3v) is 3.89. The van der Waals surface area contributed by atoms with Crippen molar-refractivity contribution in [1.82, 2.24) is 4.90 Å². The van der Waals surface area contributed by atoms with Crippen molar-refractivity contribution in [3.05, 3.63) is 46.3 Å². The average Bonchev–Trinajstić information content (AvgIpc) is 2.70. The number of ether oxygens (including phenoxy) is 1. The van der Waals surface area contributed by atoms with Crippen LogP contribution >= 0.6 is 23.4 Å². The van der Waals surface area contributed by atoms with Crippen molar-refractivity contribution in [2.24, 2.45) is 0 Å². The number of hydrogen-bond donors (Lipinski definition) is 0. The first-order valence-electron chi connectivity index (χ1n) is 6.35. The number of carbonyl (C=O) groups is 2. The van der Waals surface area contributed by atoms with Crippen LogP contribution in [0.2, 0.25) is 5.02 Å². The molecule has 0 N–H and O–H groups in total. The van der Waals surface area contributed by atoms with Crippen LogP contribution in [-0.4, -0.2) is 29.2 Å². The first kappa shape index (κ1) is 15.7. The quantitative estimate of drug-likeness (QED) is 0.608. The fourth-order valence-electron chi connectivity index (χ4n) is 1.85. The molecule has 6 heteroatoms. The number of thioether (sulfide) groups is 1. The molecule has 0 spiro atoms. The fourth-order valence-corrected chi connectivity index (χ4v) is 2.87. The minimum atomic E-state index is -0.327. The maximum absolute atomic E-state index is 12.2. The largest absolute Gasteiger partial charge is 0.493 e. The normalized spacial score (nSPS) is 16.7. The van der Waals surface area contributed by atoms with Gasteiger partial charge in [0.15, 0.2) is 0 Å². The predicted molar refractivity (Wildman–Crippen MR) is 85.5 cm³/mol. The van der Waals surface area contributed by atoms with Gasteiger partial charge in [0.1, 0.15) is 5.75 Å². The molecule has 0 saturated carbocycles. The van der Waals surface area contributed by atoms with E-state index in [-0.39, 0.29) is 17.7 Å². The van der Waals surface area contributed by atoms with E-state index in [4.69, 9.17) is 16.3 Å². The Morgan fingerprint density at radius 2 is 2.19 bits per heavy atom. The second-order valence-corrected chi connectivity index (χ2v) is 5.63. The van der Waals surface area contributed by atoms with Gasteiger partial charge in [-0.15, -0.1) is 6.58 Å². The van der Waals surface area contributed by atoms with Crippen molar-refractivity contribution in [1.29, 1.82) is 0 Å². The summed E-state index contributed by atoms with van der Waals surface area (Å²) in [6.45, 7) is 6.12. The van der Waals surface area contributed by atoms with E-state index in [1.807, 2.05) is 6.92 Å². The van der Waals surface area contributed by atoms with Crippen LogP contribution in [0, 0.1) is 0 Å². The highest BCUT2D eigenvalue weighted by molar-refractivity contribution is 8.18. The molecule has 1 saturated heterocycles. The molecule has 1 aliphatic heterocycles. The second-order valence-electron chi connectivity index (χ2n) is 4.20. The molecule has 0 bridgehead atoms. The summed E-state index contributed by atoms with van der Waals surface area (Å²) in [4.78, 5) is 25.4. The van der Waals surface area contributed by atoms with Crippen LogP contribution in [0.5, 0.6) is 5.75 Å². The van der Waals surface area contributed by atoms with E-state index in [1.165, 1.54) is 6.08 Å². The number of amides is 2. The monoisotopic (exact) mass is 323 g/mol. The molecule has 1 heterocycles. The Morgan fingerprint density at radius 3 is 2.86 bits per heavy atom. The first-order valence-corrected chi connectivity index (χ1v) is 7.55. The SMILES string of the molecule is C=CCN1C(=O)SC(=Cc2cc(Cl)ccc2OCC)C1=O. The van der Waals surface area contributed by atoms with Gasteiger partial charge in [0.25, 0.3) is 11.1 Å². The van der Waals surface area contributed by atoms with Crippen LogP contribution in [0.3, 0.4) is 0 Å². The summed E-state index contributed by atoms with van der Waals surface area (Å²) in [6.07, 6.45) is 3.15. The Balaban J connectivity index is 2.36. The van der Waals surface area contributed by atoms with E-state index in [0.29, 0.717) is 27.8 Å². The van der Waals surface area contributed by atoms with Crippen molar-refractivity contribution in [3.8, 4) is 5.75 Å². The molecule has 0 atom stereocenters. The van der Waals surface area contributed by atoms with Crippen molar-refractivity contribution >= 4 is 40.6 Å². The Hall–Kier alpha value is -1.72. The highest BCUT2D eigenvalue weighted by atomic mass is 35.5. The molecule has 110 valence electrons. The van der Waals surface area contributed by atoms with Gasteiger partial charge in [-0.2, -0.15) is 0 Å². The Morgan fingerprint density at radius 1 is 1.43 bits per heavy atom. The molecule has 0 aromatic heterocycles. The van der Waals surface area contributed by atoms with Gasteiger partial charge < -0.3 is 4.74 Å². The zero-order valence-corrected chi connectivity index (χ0v) is 13.0. The fraction of sp³-hybridized carbons (Fsp3) is 0.200. The van der Waals surface area contributed by atoms with Gasteiger partial charge in [-0.3, -0.25) is 14.5 Å². The smallest absolute Gasteiger partial charge is 0.293 e. The van der Waals surface area contributed by atoms with Crippen molar-refractivity contribution in [2.75, 3.05) is 13.2 Å². The molecule has 0 unspecified atom stereocenters. The summed E-state index contributed by atoms with van der Waals surface area (Å²) < 4.78 is 5.50. The minimum Gasteiger partial charge on any atom is -0.493 e. The lowest BCUT2D eigenvalue weighted by Crippen LogP contribution is -2.27. The molecule has 2 amide bonds. The molecule has 2 rings (SSSR count). The molecule has 4 nitrogen and oxygen atoms in total. The highest BCUT2D eigenvalue weighted by Crippen LogP contribution is 2.34. The number of rotatable bonds is 5. The van der Waals surface area contributed by atoms with Gasteiger partial charge in [0.05, 0.1) is 11.5 Å². The average molecular weight is 324 g/mol. The molecule has 1 aromatic rings. The Labute approximate surface area is 132 Å². The van der Waals surface area contributed by atoms with Gasteiger partial charge in [-0.05, 0) is 43.0 Å². The third-order valence-electron chi connectivity index (χ3n) is 2.74. The topological polar surface area (TPSA) is 46.6 Å². The summed E-state index contributed by atoms with van der Waals surface area (Å²) in [5, 5.41) is 0.237. The van der Waals surface area contributed by atoms with E-state index >= 15 is 0 Å². The van der Waals surface area contributed by atoms with Crippen LogP contribution in [-0.2, 0) is 4.79 Å². The summed E-state index contributed by atoms with van der Waals surface area (Å²) in [5.74, 6) is 0.296. The van der Waals surface area contributed by atoms with Gasteiger partial charge in [0, 0.05) is 17.1 Å². The maximum Gasteiger partial charge on any atom is 0.293 e. The highest BCUT2D eigenvalue weighted by Gasteiger charge is 2.34. The number of halogens is 1. The lowest BCUT2D eigenvalue weighted by atomic mass is 10.2. The van der Waals surface area contributed by atoms with E-state index < -0.39 is 0 Å². The van der Waals surface area contributed by atoms with Gasteiger partial charge >= 0.3 is 0 Å². The maximum atomic E-state index is 12.2. The molecule has 0 radical (unpaired) electrons. The summed E-state index contributed by atoms with van der Waals surface area (Å²) in [6, 6.07) is 5.16. The van der Waals surface area contributed by atoms with Gasteiger partial charge in [-0.1, -0.05) is 17.7 Å². The predicted octanol–water partition coefficient (Wildman–Crippen LogP) is 3.96. The summed E-state index contributed by atoms with van der Waals surface area (Å²) in [7, 11) is 0. The molecular weight excluding hydrogens is 310 g/mol. The summed E-state index contributed by atoms with van der Waals surface area (Å²) in [5.41, 5.74) is 0.674. The van der Waals surface area contributed by atoms with Crippen molar-refractivity contribution < 1.29 is 14.3 Å². The summed E-state index contributed by atoms with van der Waals surface area (Å²) >= 11 is 6.88. The van der Waals surface area contributed by atoms with Crippen molar-refractivity contribution in [2.45, 2.75) is 6.92 Å². The Bertz CT molecular complexity index is 627. The lowest BCUT2D eigenvalue weighted by Gasteiger charge is -2.09. The minimum absolute atomic E-state index is 0.204. The van der Waals surface area contributed by atoms with Crippen LogP contribution in [0.4, 0.5) is 4.79 Å². The van der Waals surface area contributed by atoms with E-state index in [9.17, 15) is 9.59 Å². The molecule has 21 heavy (non-hydrogen) atoms. The Kier molecular flexibility index (Phi) is 5.09. The zero-order valence-electron chi connectivity index (χ0n) is 11.5. The lowest BCUT2D eigenvalue weighted by molar-refractivity contribution is -0.122. The number of nitrogens with zero attached hydrogens (tertiary/aromatic N) is 1. The second kappa shape index (κ2) is 6.83. The van der Waals surface area contributed by atoms with Crippen molar-refractivity contribution in [3.63, 3.8) is 0 Å². The number of hydrogen-bond acceptors (Lipinski definition) is 4. The molecule has 1 fully saturated rings. The molecular formula is C15H14ClNO3S. The standard InChI is InChI=1S/C15H14ClNO3S/c1-3-7-17-14(18)13(21-15(17)19)9-10-8-11(16)5-6-12(10)20-4-2/h3,5-6,8-9H,1,4,7H2,2H3. The number of benzene rings is 1. The van der Waals surface area contributed by atoms with E-state index in [2.05, 4.69) is 6.58 Å². The zero-order chi connectivity index (χ0) is 15.4. The van der Waals surface area contributed by atoms with E-state index in [0.717, 1.165) is 16.7 Å². The number of carbonyl (C=O) groups excluding carboxylic acids is 2. The molecule has 1 aromatic carbocycles. The van der Waals surface area contributed by atoms with Gasteiger partial charge in [0.2, 0.25) is 0 Å². The van der Waals surface area contributed by atoms with Gasteiger partial charge in [-0.25, -0.2) is 0 Å². The van der Waals surface area contributed by atoms with E-state index in [1.54, 1.807) is 24.3 Å².